The molecule has 2 aromatic rings. The molecule has 1 saturated heterocycles. The number of likely N-dealkylation sites (N-methyl/N-ethyl adjacent to an activating group) is 1. The molecule has 0 spiro atoms. The van der Waals surface area contributed by atoms with Gasteiger partial charge in [0, 0.05) is 18.7 Å². The number of ketones is 1. The number of hydrogen-bond acceptors (Lipinski definition) is 5. The molecule has 1 fully saturated rings. The van der Waals surface area contributed by atoms with E-state index in [0.717, 1.165) is 29.7 Å². The number of aliphatic hydroxyl groups is 1. The Labute approximate surface area is 190 Å². The monoisotopic (exact) mass is 436 g/mol. The van der Waals surface area contributed by atoms with Crippen molar-refractivity contribution in [3.8, 4) is 5.75 Å². The summed E-state index contributed by atoms with van der Waals surface area (Å²) < 4.78 is 5.75. The lowest BCUT2D eigenvalue weighted by atomic mass is 9.95. The first-order valence-electron chi connectivity index (χ1n) is 11.1. The van der Waals surface area contributed by atoms with Crippen molar-refractivity contribution in [2.75, 3.05) is 33.8 Å². The zero-order chi connectivity index (χ0) is 23.3. The predicted octanol–water partition coefficient (Wildman–Crippen LogP) is 4.16. The average molecular weight is 437 g/mol. The summed E-state index contributed by atoms with van der Waals surface area (Å²) in [6.07, 6.45) is 2.03. The number of benzene rings is 2. The van der Waals surface area contributed by atoms with Gasteiger partial charge in [-0.1, -0.05) is 55.3 Å². The van der Waals surface area contributed by atoms with Crippen LogP contribution in [-0.2, 0) is 9.59 Å². The number of hydrogen-bond donors (Lipinski definition) is 1. The fourth-order valence-electron chi connectivity index (χ4n) is 3.71. The first-order valence-corrected chi connectivity index (χ1v) is 11.1. The predicted molar refractivity (Wildman–Crippen MR) is 126 cm³/mol. The zero-order valence-corrected chi connectivity index (χ0v) is 19.3. The quantitative estimate of drug-likeness (QED) is 0.277. The van der Waals surface area contributed by atoms with Crippen LogP contribution in [0.3, 0.4) is 0 Å². The van der Waals surface area contributed by atoms with Gasteiger partial charge >= 0.3 is 0 Å². The maximum absolute atomic E-state index is 13.0. The Bertz CT molecular complexity index is 978. The molecular weight excluding hydrogens is 404 g/mol. The molecular formula is C26H32N2O4. The first-order chi connectivity index (χ1) is 15.3. The molecule has 1 aliphatic heterocycles. The van der Waals surface area contributed by atoms with Gasteiger partial charge in [0.05, 0.1) is 18.2 Å². The molecule has 6 nitrogen and oxygen atoms in total. The molecule has 170 valence electrons. The van der Waals surface area contributed by atoms with Crippen molar-refractivity contribution in [1.29, 1.82) is 0 Å². The Morgan fingerprint density at radius 3 is 2.31 bits per heavy atom. The standard InChI is InChI=1S/C26H32N2O4/c1-5-6-17-32-21-13-11-19(12-14-21)23-22(24(29)20-9-7-18(2)8-10-20)25(30)26(31)28(23)16-15-27(3)4/h7-14,23,29H,5-6,15-17H2,1-4H3. The van der Waals surface area contributed by atoms with Crippen molar-refractivity contribution in [2.24, 2.45) is 0 Å². The van der Waals surface area contributed by atoms with Crippen LogP contribution >= 0.6 is 0 Å². The minimum Gasteiger partial charge on any atom is -0.507 e. The van der Waals surface area contributed by atoms with E-state index >= 15 is 0 Å². The fraction of sp³-hybridized carbons (Fsp3) is 0.385. The molecule has 1 unspecified atom stereocenters. The summed E-state index contributed by atoms with van der Waals surface area (Å²) in [6.45, 7) is 5.68. The maximum Gasteiger partial charge on any atom is 0.295 e. The van der Waals surface area contributed by atoms with E-state index in [1.165, 1.54) is 0 Å². The van der Waals surface area contributed by atoms with Gasteiger partial charge in [-0.05, 0) is 45.1 Å². The Morgan fingerprint density at radius 1 is 1.06 bits per heavy atom. The van der Waals surface area contributed by atoms with Crippen LogP contribution in [0, 0.1) is 6.92 Å². The topological polar surface area (TPSA) is 70.1 Å². The molecule has 0 aliphatic carbocycles. The van der Waals surface area contributed by atoms with E-state index in [9.17, 15) is 14.7 Å². The fourth-order valence-corrected chi connectivity index (χ4v) is 3.71. The summed E-state index contributed by atoms with van der Waals surface area (Å²) in [5.74, 6) is -0.654. The molecule has 6 heteroatoms. The number of Topliss-reactive ketones (excluding diaryl/α,β-unsaturated/α-hetero) is 1. The summed E-state index contributed by atoms with van der Waals surface area (Å²) in [6, 6.07) is 14.0. The van der Waals surface area contributed by atoms with Gasteiger partial charge in [0.15, 0.2) is 0 Å². The number of amides is 1. The van der Waals surface area contributed by atoms with E-state index < -0.39 is 17.7 Å². The lowest BCUT2D eigenvalue weighted by Gasteiger charge is -2.26. The smallest absolute Gasteiger partial charge is 0.295 e. The van der Waals surface area contributed by atoms with Crippen LogP contribution in [0.25, 0.3) is 5.76 Å². The van der Waals surface area contributed by atoms with Gasteiger partial charge in [-0.25, -0.2) is 0 Å². The Hall–Kier alpha value is -3.12. The number of carbonyl (C=O) groups excluding carboxylic acids is 2. The van der Waals surface area contributed by atoms with Crippen LogP contribution in [0.2, 0.25) is 0 Å². The van der Waals surface area contributed by atoms with E-state index in [0.29, 0.717) is 25.3 Å². The van der Waals surface area contributed by atoms with E-state index in [-0.39, 0.29) is 11.3 Å². The number of aryl methyl sites for hydroxylation is 1. The van der Waals surface area contributed by atoms with Gasteiger partial charge in [0.25, 0.3) is 11.7 Å². The van der Waals surface area contributed by atoms with Crippen molar-refractivity contribution in [3.63, 3.8) is 0 Å². The molecule has 1 N–H and O–H groups in total. The molecule has 32 heavy (non-hydrogen) atoms. The number of carbonyl (C=O) groups is 2. The van der Waals surface area contributed by atoms with Gasteiger partial charge in [0.2, 0.25) is 0 Å². The summed E-state index contributed by atoms with van der Waals surface area (Å²) in [7, 11) is 3.83. The largest absolute Gasteiger partial charge is 0.507 e. The van der Waals surface area contributed by atoms with E-state index in [2.05, 4.69) is 6.92 Å². The van der Waals surface area contributed by atoms with Crippen LogP contribution in [0.4, 0.5) is 0 Å². The third kappa shape index (κ3) is 5.19. The molecule has 2 aromatic carbocycles. The van der Waals surface area contributed by atoms with Gasteiger partial charge in [-0.2, -0.15) is 0 Å². The second-order valence-corrected chi connectivity index (χ2v) is 8.43. The number of nitrogens with zero attached hydrogens (tertiary/aromatic N) is 2. The van der Waals surface area contributed by atoms with Crippen molar-refractivity contribution >= 4 is 17.4 Å². The number of likely N-dealkylation sites (tertiary alicyclic amines) is 1. The van der Waals surface area contributed by atoms with Crippen molar-refractivity contribution in [3.05, 3.63) is 70.8 Å². The molecule has 0 bridgehead atoms. The van der Waals surface area contributed by atoms with Crippen LogP contribution in [0.15, 0.2) is 54.1 Å². The van der Waals surface area contributed by atoms with Crippen LogP contribution in [0.1, 0.15) is 42.5 Å². The highest BCUT2D eigenvalue weighted by Crippen LogP contribution is 2.39. The Kier molecular flexibility index (Phi) is 7.70. The van der Waals surface area contributed by atoms with E-state index in [4.69, 9.17) is 4.74 Å². The minimum atomic E-state index is -0.657. The van der Waals surface area contributed by atoms with Gasteiger partial charge in [-0.3, -0.25) is 9.59 Å². The van der Waals surface area contributed by atoms with Crippen LogP contribution < -0.4 is 4.74 Å². The molecule has 0 saturated carbocycles. The van der Waals surface area contributed by atoms with Crippen LogP contribution in [-0.4, -0.2) is 60.4 Å². The van der Waals surface area contributed by atoms with Crippen molar-refractivity contribution < 1.29 is 19.4 Å². The Balaban J connectivity index is 2.02. The lowest BCUT2D eigenvalue weighted by Crippen LogP contribution is -2.35. The highest BCUT2D eigenvalue weighted by atomic mass is 16.5. The molecule has 0 radical (unpaired) electrons. The molecule has 1 aliphatic rings. The van der Waals surface area contributed by atoms with E-state index in [1.54, 1.807) is 17.0 Å². The summed E-state index contributed by atoms with van der Waals surface area (Å²) in [4.78, 5) is 29.5. The summed E-state index contributed by atoms with van der Waals surface area (Å²) >= 11 is 0. The maximum atomic E-state index is 13.0. The SMILES string of the molecule is CCCCOc1ccc(C2C(=C(O)c3ccc(C)cc3)C(=O)C(=O)N2CCN(C)C)cc1. The molecule has 3 rings (SSSR count). The molecule has 0 aromatic heterocycles. The number of unbranched alkanes of at least 4 members (excludes halogenated alkanes) is 1. The number of aliphatic hydroxyl groups excluding tert-OH is 1. The Morgan fingerprint density at radius 2 is 1.72 bits per heavy atom. The second-order valence-electron chi connectivity index (χ2n) is 8.43. The minimum absolute atomic E-state index is 0.122. The molecule has 1 atom stereocenters. The van der Waals surface area contributed by atoms with Gasteiger partial charge in [-0.15, -0.1) is 0 Å². The second kappa shape index (κ2) is 10.5. The average Bonchev–Trinajstić information content (AvgIpc) is 3.03. The third-order valence-corrected chi connectivity index (χ3v) is 5.62. The van der Waals surface area contributed by atoms with Crippen molar-refractivity contribution in [2.45, 2.75) is 32.7 Å². The van der Waals surface area contributed by atoms with E-state index in [1.807, 2.05) is 62.3 Å². The van der Waals surface area contributed by atoms with Gasteiger partial charge < -0.3 is 19.6 Å². The highest BCUT2D eigenvalue weighted by Gasteiger charge is 2.45. The lowest BCUT2D eigenvalue weighted by molar-refractivity contribution is -0.140. The number of rotatable bonds is 9. The highest BCUT2D eigenvalue weighted by molar-refractivity contribution is 6.46. The summed E-state index contributed by atoms with van der Waals surface area (Å²) in [5, 5.41) is 11.1. The zero-order valence-electron chi connectivity index (χ0n) is 19.3. The van der Waals surface area contributed by atoms with Crippen LogP contribution in [0.5, 0.6) is 5.75 Å². The molecule has 1 amide bonds. The van der Waals surface area contributed by atoms with Crippen molar-refractivity contribution in [1.82, 2.24) is 9.80 Å². The molecule has 1 heterocycles. The van der Waals surface area contributed by atoms with Gasteiger partial charge in [0.1, 0.15) is 11.5 Å². The number of ether oxygens (including phenoxy) is 1. The summed E-state index contributed by atoms with van der Waals surface area (Å²) in [5.41, 5.74) is 2.45. The first kappa shape index (κ1) is 23.5. The third-order valence-electron chi connectivity index (χ3n) is 5.62. The normalized spacial score (nSPS) is 17.9.